The van der Waals surface area contributed by atoms with Crippen LogP contribution in [0.2, 0.25) is 0 Å². The summed E-state index contributed by atoms with van der Waals surface area (Å²) in [6.45, 7) is 12.7. The second-order valence-corrected chi connectivity index (χ2v) is 14.8. The molecule has 13 heteroatoms. The second-order valence-electron chi connectivity index (χ2n) is 14.8. The summed E-state index contributed by atoms with van der Waals surface area (Å²) in [5.41, 5.74) is 1.93. The van der Waals surface area contributed by atoms with Crippen LogP contribution in [0.1, 0.15) is 104 Å². The third-order valence-corrected chi connectivity index (χ3v) is 9.89. The van der Waals surface area contributed by atoms with Crippen LogP contribution in [-0.2, 0) is 11.8 Å². The van der Waals surface area contributed by atoms with Crippen molar-refractivity contribution in [3.63, 3.8) is 0 Å². The second kappa shape index (κ2) is 17.1. The van der Waals surface area contributed by atoms with Crippen molar-refractivity contribution in [2.24, 2.45) is 17.9 Å². The fourth-order valence-corrected chi connectivity index (χ4v) is 5.73. The Labute approximate surface area is 299 Å². The molecule has 1 N–H and O–H groups in total. The zero-order chi connectivity index (χ0) is 36.4. The summed E-state index contributed by atoms with van der Waals surface area (Å²) in [6, 6.07) is 7.77. The predicted molar refractivity (Wildman–Crippen MR) is 194 cm³/mol. The average Bonchev–Trinajstić information content (AvgIpc) is 3.70. The van der Waals surface area contributed by atoms with Crippen LogP contribution in [0.25, 0.3) is 16.9 Å². The van der Waals surface area contributed by atoms with E-state index in [1.54, 1.807) is 42.3 Å². The first-order valence-corrected chi connectivity index (χ1v) is 17.9. The van der Waals surface area contributed by atoms with Crippen LogP contribution in [-0.4, -0.2) is 52.5 Å². The maximum atomic E-state index is 15.9. The van der Waals surface area contributed by atoms with Crippen LogP contribution in [0.15, 0.2) is 55.1 Å². The first kappa shape index (κ1) is 37.7. The number of aromatic nitrogens is 8. The van der Waals surface area contributed by atoms with Crippen molar-refractivity contribution in [3.8, 4) is 17.0 Å². The highest BCUT2D eigenvalue weighted by Crippen LogP contribution is 2.42. The van der Waals surface area contributed by atoms with Gasteiger partial charge in [-0.05, 0) is 35.8 Å². The van der Waals surface area contributed by atoms with E-state index in [1.807, 2.05) is 0 Å². The summed E-state index contributed by atoms with van der Waals surface area (Å²) in [6.07, 6.45) is 14.9. The quantitative estimate of drug-likeness (QED) is 0.0664. The van der Waals surface area contributed by atoms with E-state index in [4.69, 9.17) is 9.47 Å². The van der Waals surface area contributed by atoms with Crippen LogP contribution >= 0.6 is 0 Å². The SMILES string of the molecule is Cn1nccc1Nc1nccc(-c2cc(F)n3c(C(CCOCCCCCCCCCC(C)(C)C(C)(C)C)Oc4cncc(F)c4)nnc3c2)n1. The number of nitrogens with zero attached hydrogens (tertiary/aromatic N) is 8. The first-order chi connectivity index (χ1) is 24.4. The minimum Gasteiger partial charge on any atom is -0.481 e. The van der Waals surface area contributed by atoms with Gasteiger partial charge in [-0.15, -0.1) is 10.2 Å². The maximum absolute atomic E-state index is 15.9. The van der Waals surface area contributed by atoms with E-state index < -0.39 is 17.9 Å². The summed E-state index contributed by atoms with van der Waals surface area (Å²) >= 11 is 0. The molecule has 0 aromatic carbocycles. The number of unbranched alkanes of at least 4 members (excludes halogenated alkanes) is 6. The van der Waals surface area contributed by atoms with Gasteiger partial charge < -0.3 is 14.8 Å². The van der Waals surface area contributed by atoms with E-state index >= 15 is 4.39 Å². The highest BCUT2D eigenvalue weighted by molar-refractivity contribution is 5.65. The van der Waals surface area contributed by atoms with Gasteiger partial charge in [0.05, 0.1) is 30.9 Å². The average molecular weight is 704 g/mol. The molecule has 11 nitrogen and oxygen atoms in total. The molecule has 0 aliphatic heterocycles. The molecule has 0 aliphatic rings. The number of anilines is 2. The molecule has 0 amide bonds. The van der Waals surface area contributed by atoms with Crippen molar-refractivity contribution in [1.82, 2.24) is 39.3 Å². The Balaban J connectivity index is 1.16. The summed E-state index contributed by atoms with van der Waals surface area (Å²) in [7, 11) is 1.80. The van der Waals surface area contributed by atoms with Gasteiger partial charge in [0.25, 0.3) is 0 Å². The molecule has 51 heavy (non-hydrogen) atoms. The molecule has 0 bridgehead atoms. The van der Waals surface area contributed by atoms with Crippen molar-refractivity contribution < 1.29 is 18.3 Å². The van der Waals surface area contributed by atoms with E-state index in [2.05, 4.69) is 70.2 Å². The molecule has 0 spiro atoms. The number of nitrogens with one attached hydrogen (secondary N) is 1. The fourth-order valence-electron chi connectivity index (χ4n) is 5.73. The van der Waals surface area contributed by atoms with Gasteiger partial charge in [-0.25, -0.2) is 14.4 Å². The van der Waals surface area contributed by atoms with Crippen molar-refractivity contribution in [2.75, 3.05) is 18.5 Å². The zero-order valence-corrected chi connectivity index (χ0v) is 30.7. The summed E-state index contributed by atoms with van der Waals surface area (Å²) in [5.74, 6) is 0.324. The molecular weight excluding hydrogens is 652 g/mol. The molecular formula is C38H51F2N9O2. The largest absolute Gasteiger partial charge is 0.481 e. The van der Waals surface area contributed by atoms with Crippen LogP contribution in [0.4, 0.5) is 20.5 Å². The molecule has 1 atom stereocenters. The van der Waals surface area contributed by atoms with Crippen LogP contribution in [0.5, 0.6) is 5.75 Å². The first-order valence-electron chi connectivity index (χ1n) is 17.9. The van der Waals surface area contributed by atoms with Gasteiger partial charge in [0.1, 0.15) is 17.4 Å². The van der Waals surface area contributed by atoms with Gasteiger partial charge in [-0.2, -0.15) is 9.49 Å². The van der Waals surface area contributed by atoms with E-state index in [0.717, 1.165) is 19.0 Å². The summed E-state index contributed by atoms with van der Waals surface area (Å²) in [4.78, 5) is 12.7. The molecule has 5 heterocycles. The molecule has 0 radical (unpaired) electrons. The molecule has 274 valence electrons. The number of rotatable bonds is 19. The third kappa shape index (κ3) is 10.3. The summed E-state index contributed by atoms with van der Waals surface area (Å²) < 4.78 is 44.9. The fraction of sp³-hybridized carbons (Fsp3) is 0.526. The van der Waals surface area contributed by atoms with Crippen molar-refractivity contribution in [1.29, 1.82) is 0 Å². The zero-order valence-electron chi connectivity index (χ0n) is 30.7. The predicted octanol–water partition coefficient (Wildman–Crippen LogP) is 9.06. The smallest absolute Gasteiger partial charge is 0.228 e. The van der Waals surface area contributed by atoms with E-state index in [-0.39, 0.29) is 17.2 Å². The standard InChI is InChI=1S/C38H51F2N9O2/c1-37(2,3)38(4,5)17-12-10-8-7-9-11-13-20-50-21-16-31(51-29-24-28(39)25-41-26-29)35-47-46-34-23-27(22-32(40)49(34)35)30-14-18-42-36(44-30)45-33-15-19-43-48(33)6/h14-15,18-19,22-26,31H,7-13,16-17,20-21H2,1-6H3,(H,42,44,45). The molecule has 5 aromatic heterocycles. The van der Waals surface area contributed by atoms with E-state index in [0.29, 0.717) is 53.5 Å². The van der Waals surface area contributed by atoms with Gasteiger partial charge in [0.2, 0.25) is 11.9 Å². The Bertz CT molecular complexity index is 1850. The third-order valence-electron chi connectivity index (χ3n) is 9.89. The molecule has 5 rings (SSSR count). The van der Waals surface area contributed by atoms with E-state index in [1.165, 1.54) is 61.3 Å². The molecule has 0 saturated heterocycles. The molecule has 0 aliphatic carbocycles. The van der Waals surface area contributed by atoms with Crippen molar-refractivity contribution in [2.45, 2.75) is 98.5 Å². The molecule has 1 unspecified atom stereocenters. The van der Waals surface area contributed by atoms with Crippen LogP contribution < -0.4 is 10.1 Å². The van der Waals surface area contributed by atoms with Gasteiger partial charge >= 0.3 is 0 Å². The number of hydrogen-bond donors (Lipinski definition) is 1. The van der Waals surface area contributed by atoms with Gasteiger partial charge in [-0.1, -0.05) is 73.1 Å². The van der Waals surface area contributed by atoms with Gasteiger partial charge in [0, 0.05) is 50.0 Å². The van der Waals surface area contributed by atoms with Gasteiger partial charge in [0.15, 0.2) is 17.6 Å². The topological polar surface area (TPSA) is 117 Å². The number of hydrogen-bond acceptors (Lipinski definition) is 9. The normalized spacial score (nSPS) is 12.8. The highest BCUT2D eigenvalue weighted by atomic mass is 19.1. The number of halogens is 2. The van der Waals surface area contributed by atoms with Crippen LogP contribution in [0, 0.1) is 22.6 Å². The Morgan fingerprint density at radius 3 is 2.35 bits per heavy atom. The maximum Gasteiger partial charge on any atom is 0.228 e. The lowest BCUT2D eigenvalue weighted by molar-refractivity contribution is 0.0854. The van der Waals surface area contributed by atoms with Crippen molar-refractivity contribution in [3.05, 3.63) is 72.7 Å². The van der Waals surface area contributed by atoms with Crippen molar-refractivity contribution >= 4 is 17.4 Å². The summed E-state index contributed by atoms with van der Waals surface area (Å²) in [5, 5.41) is 15.8. The lowest BCUT2D eigenvalue weighted by Gasteiger charge is -2.39. The molecule has 0 fully saturated rings. The lowest BCUT2D eigenvalue weighted by Crippen LogP contribution is -2.29. The number of fused-ring (bicyclic) bond motifs is 1. The lowest BCUT2D eigenvalue weighted by atomic mass is 9.67. The number of pyridine rings is 2. The van der Waals surface area contributed by atoms with Gasteiger partial charge in [-0.3, -0.25) is 14.1 Å². The Kier molecular flexibility index (Phi) is 12.7. The molecule has 0 saturated carbocycles. The highest BCUT2D eigenvalue weighted by Gasteiger charge is 2.31. The number of ether oxygens (including phenoxy) is 2. The number of aryl methyl sites for hydroxylation is 1. The Morgan fingerprint density at radius 1 is 0.863 bits per heavy atom. The minimum absolute atomic E-state index is 0.199. The molecule has 5 aromatic rings. The Hall–Kier alpha value is -4.52. The minimum atomic E-state index is -0.777. The van der Waals surface area contributed by atoms with E-state index in [9.17, 15) is 4.39 Å². The van der Waals surface area contributed by atoms with Crippen LogP contribution in [0.3, 0.4) is 0 Å². The monoisotopic (exact) mass is 703 g/mol. The Morgan fingerprint density at radius 2 is 1.63 bits per heavy atom.